The Hall–Kier alpha value is -3.08. The molecule has 2 heterocycles. The Bertz CT molecular complexity index is 897. The third-order valence-electron chi connectivity index (χ3n) is 3.72. The van der Waals surface area contributed by atoms with Crippen LogP contribution in [0, 0.1) is 0 Å². The van der Waals surface area contributed by atoms with Gasteiger partial charge in [-0.2, -0.15) is 0 Å². The van der Waals surface area contributed by atoms with Crippen molar-refractivity contribution in [2.24, 2.45) is 0 Å². The van der Waals surface area contributed by atoms with E-state index in [2.05, 4.69) is 33.1 Å². The number of fused-ring (bicyclic) bond motifs is 1. The summed E-state index contributed by atoms with van der Waals surface area (Å²) in [4.78, 5) is 8.82. The van der Waals surface area contributed by atoms with Crippen LogP contribution in [0.1, 0.15) is 11.5 Å². The van der Waals surface area contributed by atoms with Crippen LogP contribution >= 0.6 is 0 Å². The molecule has 0 aliphatic rings. The van der Waals surface area contributed by atoms with Gasteiger partial charge < -0.3 is 14.3 Å². The van der Waals surface area contributed by atoms with Crippen LogP contribution in [0.15, 0.2) is 71.5 Å². The van der Waals surface area contributed by atoms with Gasteiger partial charge in [0, 0.05) is 0 Å². The molecule has 4 rings (SSSR count). The van der Waals surface area contributed by atoms with E-state index >= 15 is 0 Å². The minimum Gasteiger partial charge on any atom is -0.447 e. The highest BCUT2D eigenvalue weighted by atomic mass is 16.3. The first-order valence-corrected chi connectivity index (χ1v) is 7.51. The molecule has 1 N–H and O–H groups in total. The lowest BCUT2D eigenvalue weighted by atomic mass is 10.2. The van der Waals surface area contributed by atoms with Gasteiger partial charge in [0.2, 0.25) is 11.8 Å². The van der Waals surface area contributed by atoms with Crippen LogP contribution in [0.4, 0.5) is 5.95 Å². The standard InChI is InChI=1S/C18H16N4O/c1-2-6-14(7-3-1)13-22-16-9-5-4-8-15(16)21-18(22)20-12-17-19-10-11-23-17/h1-11H,12-13H2,(H,20,21). The number of aromatic nitrogens is 3. The minimum absolute atomic E-state index is 0.505. The van der Waals surface area contributed by atoms with Gasteiger partial charge in [-0.3, -0.25) is 0 Å². The fourth-order valence-corrected chi connectivity index (χ4v) is 2.63. The Balaban J connectivity index is 1.69. The van der Waals surface area contributed by atoms with E-state index in [1.807, 2.05) is 36.4 Å². The van der Waals surface area contributed by atoms with Crippen LogP contribution in [-0.2, 0) is 13.1 Å². The van der Waals surface area contributed by atoms with Crippen LogP contribution in [-0.4, -0.2) is 14.5 Å². The highest BCUT2D eigenvalue weighted by Crippen LogP contribution is 2.21. The molecule has 0 amide bonds. The smallest absolute Gasteiger partial charge is 0.213 e. The minimum atomic E-state index is 0.505. The Morgan fingerprint density at radius 2 is 1.83 bits per heavy atom. The number of benzene rings is 2. The van der Waals surface area contributed by atoms with E-state index in [9.17, 15) is 0 Å². The maximum absolute atomic E-state index is 5.28. The predicted octanol–water partition coefficient (Wildman–Crippen LogP) is 3.68. The number of nitrogens with zero attached hydrogens (tertiary/aromatic N) is 3. The second-order valence-corrected chi connectivity index (χ2v) is 5.28. The van der Waals surface area contributed by atoms with Crippen molar-refractivity contribution in [1.29, 1.82) is 0 Å². The van der Waals surface area contributed by atoms with Crippen molar-refractivity contribution in [1.82, 2.24) is 14.5 Å². The van der Waals surface area contributed by atoms with Gasteiger partial charge in [-0.15, -0.1) is 0 Å². The van der Waals surface area contributed by atoms with E-state index in [0.29, 0.717) is 12.4 Å². The molecule has 0 bridgehead atoms. The van der Waals surface area contributed by atoms with Crippen LogP contribution in [0.25, 0.3) is 11.0 Å². The van der Waals surface area contributed by atoms with Crippen LogP contribution < -0.4 is 5.32 Å². The summed E-state index contributed by atoms with van der Waals surface area (Å²) in [6.07, 6.45) is 3.22. The zero-order valence-electron chi connectivity index (χ0n) is 12.5. The van der Waals surface area contributed by atoms with E-state index in [1.54, 1.807) is 12.5 Å². The van der Waals surface area contributed by atoms with Crippen molar-refractivity contribution in [2.75, 3.05) is 5.32 Å². The summed E-state index contributed by atoms with van der Waals surface area (Å²) in [6.45, 7) is 1.26. The summed E-state index contributed by atoms with van der Waals surface area (Å²) in [5, 5.41) is 3.32. The lowest BCUT2D eigenvalue weighted by Gasteiger charge is -2.10. The molecule has 0 unspecified atom stereocenters. The second kappa shape index (κ2) is 5.96. The van der Waals surface area contributed by atoms with Crippen molar-refractivity contribution in [3.63, 3.8) is 0 Å². The molecule has 0 fully saturated rings. The molecule has 4 aromatic rings. The molecule has 0 aliphatic heterocycles. The molecular weight excluding hydrogens is 288 g/mol. The van der Waals surface area contributed by atoms with Crippen molar-refractivity contribution >= 4 is 17.0 Å². The first-order chi connectivity index (χ1) is 11.4. The SMILES string of the molecule is c1ccc(Cn2c(NCc3ncco3)nc3ccccc32)cc1. The van der Waals surface area contributed by atoms with Crippen molar-refractivity contribution in [2.45, 2.75) is 13.1 Å². The summed E-state index contributed by atoms with van der Waals surface area (Å²) in [5.41, 5.74) is 3.31. The van der Waals surface area contributed by atoms with Gasteiger partial charge in [-0.1, -0.05) is 42.5 Å². The quantitative estimate of drug-likeness (QED) is 0.611. The highest BCUT2D eigenvalue weighted by Gasteiger charge is 2.11. The van der Waals surface area contributed by atoms with Gasteiger partial charge in [0.05, 0.1) is 30.3 Å². The van der Waals surface area contributed by atoms with Gasteiger partial charge >= 0.3 is 0 Å². The largest absolute Gasteiger partial charge is 0.447 e. The summed E-state index contributed by atoms with van der Waals surface area (Å²) in [6, 6.07) is 18.5. The van der Waals surface area contributed by atoms with Crippen molar-refractivity contribution in [3.8, 4) is 0 Å². The topological polar surface area (TPSA) is 55.9 Å². The molecule has 0 aliphatic carbocycles. The van der Waals surface area contributed by atoms with Crippen LogP contribution in [0.5, 0.6) is 0 Å². The Kier molecular flexibility index (Phi) is 3.52. The molecule has 0 saturated carbocycles. The third kappa shape index (κ3) is 2.81. The zero-order valence-corrected chi connectivity index (χ0v) is 12.5. The van der Waals surface area contributed by atoms with E-state index < -0.39 is 0 Å². The number of nitrogens with one attached hydrogen (secondary N) is 1. The van der Waals surface area contributed by atoms with Crippen LogP contribution in [0.2, 0.25) is 0 Å². The van der Waals surface area contributed by atoms with Gasteiger partial charge in [0.1, 0.15) is 6.26 Å². The van der Waals surface area contributed by atoms with Crippen molar-refractivity contribution < 1.29 is 4.42 Å². The fourth-order valence-electron chi connectivity index (χ4n) is 2.63. The van der Waals surface area contributed by atoms with Gasteiger partial charge in [-0.25, -0.2) is 9.97 Å². The molecule has 0 saturated heterocycles. The molecule has 5 nitrogen and oxygen atoms in total. The van der Waals surface area contributed by atoms with E-state index in [1.165, 1.54) is 5.56 Å². The van der Waals surface area contributed by atoms with Gasteiger partial charge in [0.15, 0.2) is 0 Å². The summed E-state index contributed by atoms with van der Waals surface area (Å²) < 4.78 is 7.45. The maximum atomic E-state index is 5.28. The molecule has 2 aromatic carbocycles. The van der Waals surface area contributed by atoms with Crippen molar-refractivity contribution in [3.05, 3.63) is 78.5 Å². The van der Waals surface area contributed by atoms with E-state index in [0.717, 1.165) is 23.5 Å². The van der Waals surface area contributed by atoms with Gasteiger partial charge in [0.25, 0.3) is 0 Å². The number of hydrogen-bond acceptors (Lipinski definition) is 4. The number of hydrogen-bond donors (Lipinski definition) is 1. The van der Waals surface area contributed by atoms with Crippen LogP contribution in [0.3, 0.4) is 0 Å². The molecule has 0 atom stereocenters. The van der Waals surface area contributed by atoms with E-state index in [-0.39, 0.29) is 0 Å². The molecule has 5 heteroatoms. The Morgan fingerprint density at radius 1 is 1.00 bits per heavy atom. The lowest BCUT2D eigenvalue weighted by Crippen LogP contribution is -2.08. The molecule has 2 aromatic heterocycles. The predicted molar refractivity (Wildman–Crippen MR) is 89.1 cm³/mol. The molecule has 0 spiro atoms. The number of oxazole rings is 1. The molecule has 23 heavy (non-hydrogen) atoms. The first kappa shape index (κ1) is 13.6. The zero-order chi connectivity index (χ0) is 15.5. The normalized spacial score (nSPS) is 11.0. The summed E-state index contributed by atoms with van der Waals surface area (Å²) >= 11 is 0. The first-order valence-electron chi connectivity index (χ1n) is 7.51. The third-order valence-corrected chi connectivity index (χ3v) is 3.72. The molecule has 114 valence electrons. The van der Waals surface area contributed by atoms with Gasteiger partial charge in [-0.05, 0) is 17.7 Å². The average molecular weight is 304 g/mol. The monoisotopic (exact) mass is 304 g/mol. The van der Waals surface area contributed by atoms with E-state index in [4.69, 9.17) is 9.40 Å². The number of rotatable bonds is 5. The highest BCUT2D eigenvalue weighted by molar-refractivity contribution is 5.78. The Morgan fingerprint density at radius 3 is 2.65 bits per heavy atom. The Labute approximate surface area is 133 Å². The number of para-hydroxylation sites is 2. The second-order valence-electron chi connectivity index (χ2n) is 5.28. The number of imidazole rings is 1. The molecule has 0 radical (unpaired) electrons. The maximum Gasteiger partial charge on any atom is 0.213 e. The summed E-state index contributed by atoms with van der Waals surface area (Å²) in [5.74, 6) is 1.46. The number of anilines is 1. The summed E-state index contributed by atoms with van der Waals surface area (Å²) in [7, 11) is 0. The lowest BCUT2D eigenvalue weighted by molar-refractivity contribution is 0.503. The fraction of sp³-hybridized carbons (Fsp3) is 0.111. The average Bonchev–Trinajstić information content (AvgIpc) is 3.22. The molecular formula is C18H16N4O.